The SMILES string of the molecule is CC.CCOc1cc(Cl)cc(CN2CCC(CNC(=O)OC(C)(C)C)C2)c1. The van der Waals surface area contributed by atoms with Crippen molar-refractivity contribution >= 4 is 17.7 Å². The lowest BCUT2D eigenvalue weighted by molar-refractivity contribution is 0.0519. The predicted molar refractivity (Wildman–Crippen MR) is 112 cm³/mol. The van der Waals surface area contributed by atoms with Crippen molar-refractivity contribution in [2.24, 2.45) is 5.92 Å². The van der Waals surface area contributed by atoms with Crippen LogP contribution >= 0.6 is 11.6 Å². The second-order valence-corrected chi connectivity index (χ2v) is 7.94. The van der Waals surface area contributed by atoms with Crippen LogP contribution in [0, 0.1) is 5.92 Å². The Balaban J connectivity index is 0.00000176. The Morgan fingerprint density at radius 2 is 2.00 bits per heavy atom. The molecule has 1 saturated heterocycles. The number of rotatable bonds is 6. The van der Waals surface area contributed by atoms with E-state index in [0.717, 1.165) is 37.4 Å². The molecule has 6 heteroatoms. The number of ether oxygens (including phenoxy) is 2. The van der Waals surface area contributed by atoms with E-state index < -0.39 is 5.60 Å². The molecule has 1 aliphatic rings. The monoisotopic (exact) mass is 398 g/mol. The van der Waals surface area contributed by atoms with E-state index in [2.05, 4.69) is 10.2 Å². The van der Waals surface area contributed by atoms with Gasteiger partial charge in [0.25, 0.3) is 0 Å². The van der Waals surface area contributed by atoms with E-state index in [0.29, 0.717) is 24.1 Å². The summed E-state index contributed by atoms with van der Waals surface area (Å²) in [6.07, 6.45) is 0.719. The Morgan fingerprint density at radius 1 is 1.30 bits per heavy atom. The second kappa shape index (κ2) is 11.4. The Morgan fingerprint density at radius 3 is 2.63 bits per heavy atom. The molecule has 1 heterocycles. The van der Waals surface area contributed by atoms with Crippen molar-refractivity contribution in [2.45, 2.75) is 60.1 Å². The molecule has 154 valence electrons. The Labute approximate surface area is 169 Å². The minimum Gasteiger partial charge on any atom is -0.494 e. The van der Waals surface area contributed by atoms with Gasteiger partial charge in [-0.15, -0.1) is 0 Å². The lowest BCUT2D eigenvalue weighted by Crippen LogP contribution is -2.35. The summed E-state index contributed by atoms with van der Waals surface area (Å²) < 4.78 is 10.8. The fourth-order valence-corrected chi connectivity index (χ4v) is 3.23. The molecule has 0 bridgehead atoms. The van der Waals surface area contributed by atoms with E-state index in [-0.39, 0.29) is 6.09 Å². The third-order valence-corrected chi connectivity index (χ3v) is 4.17. The molecule has 1 atom stereocenters. The summed E-state index contributed by atoms with van der Waals surface area (Å²) in [4.78, 5) is 14.1. The van der Waals surface area contributed by atoms with Crippen molar-refractivity contribution in [3.8, 4) is 5.75 Å². The van der Waals surface area contributed by atoms with Gasteiger partial charge in [0.2, 0.25) is 0 Å². The molecule has 5 nitrogen and oxygen atoms in total. The van der Waals surface area contributed by atoms with Crippen LogP contribution < -0.4 is 10.1 Å². The van der Waals surface area contributed by atoms with E-state index in [1.165, 1.54) is 0 Å². The normalized spacial score (nSPS) is 17.1. The number of likely N-dealkylation sites (tertiary alicyclic amines) is 1. The van der Waals surface area contributed by atoms with E-state index in [9.17, 15) is 4.79 Å². The van der Waals surface area contributed by atoms with Gasteiger partial charge in [-0.1, -0.05) is 25.4 Å². The highest BCUT2D eigenvalue weighted by Gasteiger charge is 2.24. The summed E-state index contributed by atoms with van der Waals surface area (Å²) in [5, 5.41) is 3.57. The van der Waals surface area contributed by atoms with Crippen LogP contribution in [-0.4, -0.2) is 42.8 Å². The molecule has 1 amide bonds. The molecule has 0 aromatic heterocycles. The van der Waals surface area contributed by atoms with Gasteiger partial charge in [-0.2, -0.15) is 0 Å². The molecule has 27 heavy (non-hydrogen) atoms. The number of benzene rings is 1. The van der Waals surface area contributed by atoms with E-state index in [4.69, 9.17) is 21.1 Å². The van der Waals surface area contributed by atoms with Crippen molar-refractivity contribution in [2.75, 3.05) is 26.2 Å². The molecule has 0 radical (unpaired) electrons. The van der Waals surface area contributed by atoms with Gasteiger partial charge in [0, 0.05) is 24.7 Å². The number of nitrogens with one attached hydrogen (secondary N) is 1. The molecular weight excluding hydrogens is 364 g/mol. The second-order valence-electron chi connectivity index (χ2n) is 7.50. The number of carbonyl (C=O) groups is 1. The molecule has 2 rings (SSSR count). The minimum atomic E-state index is -0.462. The summed E-state index contributed by atoms with van der Waals surface area (Å²) in [5.74, 6) is 1.26. The lowest BCUT2D eigenvalue weighted by atomic mass is 10.1. The van der Waals surface area contributed by atoms with E-state index in [1.807, 2.05) is 59.7 Å². The standard InChI is InChI=1S/C19H29ClN2O3.C2H6/c1-5-24-17-9-15(8-16(20)10-17)13-22-7-6-14(12-22)11-21-18(23)25-19(2,3)4;1-2/h8-10,14H,5-7,11-13H2,1-4H3,(H,21,23);1-2H3. The highest BCUT2D eigenvalue weighted by Crippen LogP contribution is 2.24. The van der Waals surface area contributed by atoms with Crippen LogP contribution in [0.2, 0.25) is 5.02 Å². The maximum absolute atomic E-state index is 11.7. The number of hydrogen-bond acceptors (Lipinski definition) is 4. The van der Waals surface area contributed by atoms with Gasteiger partial charge >= 0.3 is 6.09 Å². The molecule has 1 unspecified atom stereocenters. The molecule has 0 saturated carbocycles. The predicted octanol–water partition coefficient (Wildman–Crippen LogP) is 5.11. The maximum atomic E-state index is 11.7. The molecule has 1 aromatic carbocycles. The van der Waals surface area contributed by atoms with E-state index in [1.54, 1.807) is 0 Å². The van der Waals surface area contributed by atoms with Crippen molar-refractivity contribution in [3.05, 3.63) is 28.8 Å². The first-order valence-corrected chi connectivity index (χ1v) is 10.2. The van der Waals surface area contributed by atoms with Gasteiger partial charge in [-0.05, 0) is 70.3 Å². The third kappa shape index (κ3) is 9.34. The Bertz CT molecular complexity index is 587. The van der Waals surface area contributed by atoms with Crippen LogP contribution in [0.3, 0.4) is 0 Å². The van der Waals surface area contributed by atoms with Crippen LogP contribution in [0.15, 0.2) is 18.2 Å². The van der Waals surface area contributed by atoms with Gasteiger partial charge in [0.05, 0.1) is 6.61 Å². The number of halogens is 1. The first-order valence-electron chi connectivity index (χ1n) is 9.86. The first-order chi connectivity index (χ1) is 12.7. The minimum absolute atomic E-state index is 0.345. The fraction of sp³-hybridized carbons (Fsp3) is 0.667. The number of carbonyl (C=O) groups excluding carboxylic acids is 1. The molecule has 1 N–H and O–H groups in total. The average molecular weight is 399 g/mol. The molecule has 0 spiro atoms. The quantitative estimate of drug-likeness (QED) is 0.723. The average Bonchev–Trinajstić information content (AvgIpc) is 3.00. The number of hydrogen-bond donors (Lipinski definition) is 1. The van der Waals surface area contributed by atoms with Gasteiger partial charge in [0.1, 0.15) is 11.4 Å². The van der Waals surface area contributed by atoms with Crippen molar-refractivity contribution in [1.29, 1.82) is 0 Å². The van der Waals surface area contributed by atoms with Crippen LogP contribution in [-0.2, 0) is 11.3 Å². The molecule has 1 aliphatic heterocycles. The van der Waals surface area contributed by atoms with Crippen molar-refractivity contribution in [1.82, 2.24) is 10.2 Å². The van der Waals surface area contributed by atoms with Crippen LogP contribution in [0.4, 0.5) is 4.79 Å². The zero-order valence-electron chi connectivity index (χ0n) is 17.6. The highest BCUT2D eigenvalue weighted by molar-refractivity contribution is 6.30. The topological polar surface area (TPSA) is 50.8 Å². The number of alkyl carbamates (subject to hydrolysis) is 1. The van der Waals surface area contributed by atoms with Gasteiger partial charge in [0.15, 0.2) is 0 Å². The Kier molecular flexibility index (Phi) is 9.95. The van der Waals surface area contributed by atoms with E-state index >= 15 is 0 Å². The summed E-state index contributed by atoms with van der Waals surface area (Å²) in [6.45, 7) is 15.6. The summed E-state index contributed by atoms with van der Waals surface area (Å²) in [5.41, 5.74) is 0.688. The van der Waals surface area contributed by atoms with Gasteiger partial charge < -0.3 is 14.8 Å². The molecular formula is C21H35ClN2O3. The van der Waals surface area contributed by atoms with Crippen molar-refractivity contribution < 1.29 is 14.3 Å². The molecule has 1 fully saturated rings. The largest absolute Gasteiger partial charge is 0.494 e. The number of nitrogens with zero attached hydrogens (tertiary/aromatic N) is 1. The maximum Gasteiger partial charge on any atom is 0.407 e. The highest BCUT2D eigenvalue weighted by atomic mass is 35.5. The molecule has 0 aliphatic carbocycles. The lowest BCUT2D eigenvalue weighted by Gasteiger charge is -2.21. The Hall–Kier alpha value is -1.46. The van der Waals surface area contributed by atoms with Crippen LogP contribution in [0.25, 0.3) is 0 Å². The number of amides is 1. The summed E-state index contributed by atoms with van der Waals surface area (Å²) in [7, 11) is 0. The van der Waals surface area contributed by atoms with Crippen LogP contribution in [0.5, 0.6) is 5.75 Å². The smallest absolute Gasteiger partial charge is 0.407 e. The zero-order chi connectivity index (χ0) is 20.4. The summed E-state index contributed by atoms with van der Waals surface area (Å²) >= 11 is 6.18. The first kappa shape index (κ1) is 23.6. The van der Waals surface area contributed by atoms with Gasteiger partial charge in [-0.3, -0.25) is 4.90 Å². The van der Waals surface area contributed by atoms with Crippen molar-refractivity contribution in [3.63, 3.8) is 0 Å². The third-order valence-electron chi connectivity index (χ3n) is 3.95. The van der Waals surface area contributed by atoms with Gasteiger partial charge in [-0.25, -0.2) is 4.79 Å². The molecule has 1 aromatic rings. The van der Waals surface area contributed by atoms with Crippen LogP contribution in [0.1, 0.15) is 53.5 Å². The zero-order valence-corrected chi connectivity index (χ0v) is 18.4. The summed E-state index contributed by atoms with van der Waals surface area (Å²) in [6, 6.07) is 5.87. The fourth-order valence-electron chi connectivity index (χ4n) is 2.99.